The minimum Gasteiger partial charge on any atom is -0.493 e. The third-order valence-corrected chi connectivity index (χ3v) is 2.76. The molecule has 1 aromatic heterocycles. The Hall–Kier alpha value is -2.14. The maximum absolute atomic E-state index is 5.65. The van der Waals surface area contributed by atoms with Gasteiger partial charge in [-0.15, -0.1) is 0 Å². The predicted molar refractivity (Wildman–Crippen MR) is 78.9 cm³/mol. The van der Waals surface area contributed by atoms with Gasteiger partial charge in [0.05, 0.1) is 12.3 Å². The zero-order chi connectivity index (χ0) is 14.4. The molecule has 2 aromatic rings. The van der Waals surface area contributed by atoms with Gasteiger partial charge < -0.3 is 14.8 Å². The molecule has 1 aromatic carbocycles. The van der Waals surface area contributed by atoms with Crippen molar-refractivity contribution in [2.45, 2.75) is 13.5 Å². The van der Waals surface area contributed by atoms with Gasteiger partial charge in [0.2, 0.25) is 0 Å². The Bertz CT molecular complexity index is 573. The Labute approximate surface area is 119 Å². The standard InChI is InChI=1S/C15H19N3O2/c1-4-20-13-8-6-5-7-11(13)12-9-14(16-2)18-15(17-12)10-19-3/h5-9H,4,10H2,1-3H3,(H,16,17,18). The number of aromatic nitrogens is 2. The fourth-order valence-corrected chi connectivity index (χ4v) is 1.92. The van der Waals surface area contributed by atoms with Crippen molar-refractivity contribution in [2.24, 2.45) is 0 Å². The quantitative estimate of drug-likeness (QED) is 0.877. The van der Waals surface area contributed by atoms with Crippen LogP contribution >= 0.6 is 0 Å². The van der Waals surface area contributed by atoms with Crippen molar-refractivity contribution in [1.29, 1.82) is 0 Å². The van der Waals surface area contributed by atoms with Crippen molar-refractivity contribution in [2.75, 3.05) is 26.1 Å². The fourth-order valence-electron chi connectivity index (χ4n) is 1.92. The minimum atomic E-state index is 0.374. The lowest BCUT2D eigenvalue weighted by Crippen LogP contribution is -2.03. The summed E-state index contributed by atoms with van der Waals surface area (Å²) in [5.74, 6) is 2.22. The molecule has 0 aliphatic rings. The average Bonchev–Trinajstić information content (AvgIpc) is 2.48. The van der Waals surface area contributed by atoms with Crippen LogP contribution in [0.5, 0.6) is 5.75 Å². The molecule has 0 saturated heterocycles. The van der Waals surface area contributed by atoms with Crippen molar-refractivity contribution in [3.05, 3.63) is 36.2 Å². The molecule has 0 radical (unpaired) electrons. The topological polar surface area (TPSA) is 56.3 Å². The van der Waals surface area contributed by atoms with Gasteiger partial charge >= 0.3 is 0 Å². The maximum Gasteiger partial charge on any atom is 0.157 e. The molecular formula is C15H19N3O2. The zero-order valence-corrected chi connectivity index (χ0v) is 12.0. The normalized spacial score (nSPS) is 10.3. The van der Waals surface area contributed by atoms with E-state index in [1.807, 2.05) is 44.3 Å². The third-order valence-electron chi connectivity index (χ3n) is 2.76. The number of rotatable bonds is 6. The van der Waals surface area contributed by atoms with Crippen LogP contribution < -0.4 is 10.1 Å². The second-order valence-corrected chi connectivity index (χ2v) is 4.17. The van der Waals surface area contributed by atoms with Gasteiger partial charge in [-0.05, 0) is 19.1 Å². The summed E-state index contributed by atoms with van der Waals surface area (Å²) in [4.78, 5) is 8.88. The van der Waals surface area contributed by atoms with Crippen LogP contribution in [0.25, 0.3) is 11.3 Å². The van der Waals surface area contributed by atoms with Crippen LogP contribution in [-0.4, -0.2) is 30.7 Å². The number of ether oxygens (including phenoxy) is 2. The van der Waals surface area contributed by atoms with Gasteiger partial charge in [-0.2, -0.15) is 0 Å². The first-order valence-corrected chi connectivity index (χ1v) is 6.55. The first kappa shape index (κ1) is 14.3. The molecule has 0 amide bonds. The molecule has 0 bridgehead atoms. The van der Waals surface area contributed by atoms with E-state index in [2.05, 4.69) is 15.3 Å². The Balaban J connectivity index is 2.48. The second-order valence-electron chi connectivity index (χ2n) is 4.17. The summed E-state index contributed by atoms with van der Waals surface area (Å²) in [7, 11) is 3.46. The maximum atomic E-state index is 5.65. The van der Waals surface area contributed by atoms with Gasteiger partial charge in [-0.1, -0.05) is 12.1 Å². The van der Waals surface area contributed by atoms with Crippen LogP contribution in [0.4, 0.5) is 5.82 Å². The highest BCUT2D eigenvalue weighted by molar-refractivity contribution is 5.69. The number of nitrogens with one attached hydrogen (secondary N) is 1. The third kappa shape index (κ3) is 3.24. The van der Waals surface area contributed by atoms with Crippen molar-refractivity contribution >= 4 is 5.82 Å². The highest BCUT2D eigenvalue weighted by Gasteiger charge is 2.10. The number of para-hydroxylation sites is 1. The van der Waals surface area contributed by atoms with Crippen molar-refractivity contribution in [1.82, 2.24) is 9.97 Å². The van der Waals surface area contributed by atoms with E-state index in [1.165, 1.54) is 0 Å². The van der Waals surface area contributed by atoms with E-state index in [1.54, 1.807) is 7.11 Å². The minimum absolute atomic E-state index is 0.374. The molecule has 2 rings (SSSR count). The average molecular weight is 273 g/mol. The lowest BCUT2D eigenvalue weighted by molar-refractivity contribution is 0.178. The van der Waals surface area contributed by atoms with Gasteiger partial charge in [-0.25, -0.2) is 9.97 Å². The van der Waals surface area contributed by atoms with Crippen LogP contribution in [0, 0.1) is 0 Å². The van der Waals surface area contributed by atoms with E-state index >= 15 is 0 Å². The molecule has 1 N–H and O–H groups in total. The highest BCUT2D eigenvalue weighted by Crippen LogP contribution is 2.29. The number of hydrogen-bond acceptors (Lipinski definition) is 5. The fraction of sp³-hybridized carbons (Fsp3) is 0.333. The van der Waals surface area contributed by atoms with E-state index in [9.17, 15) is 0 Å². The number of benzene rings is 1. The van der Waals surface area contributed by atoms with Gasteiger partial charge in [0, 0.05) is 25.8 Å². The molecule has 0 spiro atoms. The predicted octanol–water partition coefficient (Wildman–Crippen LogP) is 2.73. The summed E-state index contributed by atoms with van der Waals surface area (Å²) >= 11 is 0. The molecule has 0 unspecified atom stereocenters. The number of methoxy groups -OCH3 is 1. The number of hydrogen-bond donors (Lipinski definition) is 1. The van der Waals surface area contributed by atoms with E-state index in [0.717, 1.165) is 22.8 Å². The van der Waals surface area contributed by atoms with Crippen LogP contribution in [0.15, 0.2) is 30.3 Å². The largest absolute Gasteiger partial charge is 0.493 e. The lowest BCUT2D eigenvalue weighted by atomic mass is 10.1. The summed E-state index contributed by atoms with van der Waals surface area (Å²) in [5, 5.41) is 3.04. The van der Waals surface area contributed by atoms with E-state index in [0.29, 0.717) is 19.0 Å². The molecule has 0 fully saturated rings. The Morgan fingerprint density at radius 3 is 2.70 bits per heavy atom. The van der Waals surface area contributed by atoms with Gasteiger partial charge in [0.15, 0.2) is 5.82 Å². The van der Waals surface area contributed by atoms with Crippen LogP contribution in [0.2, 0.25) is 0 Å². The Morgan fingerprint density at radius 1 is 1.20 bits per heavy atom. The Morgan fingerprint density at radius 2 is 2.00 bits per heavy atom. The van der Waals surface area contributed by atoms with Crippen molar-refractivity contribution in [3.8, 4) is 17.0 Å². The van der Waals surface area contributed by atoms with Crippen LogP contribution in [0.1, 0.15) is 12.7 Å². The molecule has 20 heavy (non-hydrogen) atoms. The lowest BCUT2D eigenvalue weighted by Gasteiger charge is -2.11. The van der Waals surface area contributed by atoms with Crippen LogP contribution in [-0.2, 0) is 11.3 Å². The molecule has 0 saturated carbocycles. The first-order chi connectivity index (χ1) is 9.78. The van der Waals surface area contributed by atoms with E-state index in [4.69, 9.17) is 9.47 Å². The number of nitrogens with zero attached hydrogens (tertiary/aromatic N) is 2. The van der Waals surface area contributed by atoms with E-state index < -0.39 is 0 Å². The molecule has 0 aliphatic heterocycles. The van der Waals surface area contributed by atoms with Gasteiger partial charge in [0.1, 0.15) is 18.2 Å². The molecule has 5 nitrogen and oxygen atoms in total. The van der Waals surface area contributed by atoms with Gasteiger partial charge in [0.25, 0.3) is 0 Å². The summed E-state index contributed by atoms with van der Waals surface area (Å²) in [5.41, 5.74) is 1.77. The SMILES string of the molecule is CCOc1ccccc1-c1cc(NC)nc(COC)n1. The first-order valence-electron chi connectivity index (χ1n) is 6.55. The van der Waals surface area contributed by atoms with Crippen LogP contribution in [0.3, 0.4) is 0 Å². The molecule has 0 aliphatic carbocycles. The Kier molecular flexibility index (Phi) is 4.90. The molecule has 1 heterocycles. The molecular weight excluding hydrogens is 254 g/mol. The molecule has 5 heteroatoms. The van der Waals surface area contributed by atoms with Crippen molar-refractivity contribution in [3.63, 3.8) is 0 Å². The smallest absolute Gasteiger partial charge is 0.157 e. The molecule has 0 atom stereocenters. The molecule has 106 valence electrons. The second kappa shape index (κ2) is 6.86. The zero-order valence-electron chi connectivity index (χ0n) is 12.0. The number of anilines is 1. The highest BCUT2D eigenvalue weighted by atomic mass is 16.5. The van der Waals surface area contributed by atoms with Gasteiger partial charge in [-0.3, -0.25) is 0 Å². The summed E-state index contributed by atoms with van der Waals surface area (Å²) in [6, 6.07) is 9.75. The summed E-state index contributed by atoms with van der Waals surface area (Å²) in [6.07, 6.45) is 0. The summed E-state index contributed by atoms with van der Waals surface area (Å²) < 4.78 is 10.8. The monoisotopic (exact) mass is 273 g/mol. The van der Waals surface area contributed by atoms with Crippen molar-refractivity contribution < 1.29 is 9.47 Å². The summed E-state index contributed by atoms with van der Waals surface area (Å²) in [6.45, 7) is 2.96. The van der Waals surface area contributed by atoms with E-state index in [-0.39, 0.29) is 0 Å².